The number of unbranched alkanes of at least 4 members (excludes halogenated alkanes) is 22. The summed E-state index contributed by atoms with van der Waals surface area (Å²) in [6.07, 6.45) is 38.5. The van der Waals surface area contributed by atoms with Crippen LogP contribution in [-0.2, 0) is 28.2 Å². The van der Waals surface area contributed by atoms with E-state index in [9.17, 15) is 24.2 Å². The number of aliphatic hydroxyl groups is 2. The zero-order valence-electron chi connectivity index (χ0n) is 32.6. The van der Waals surface area contributed by atoms with Crippen LogP contribution >= 0.6 is 7.60 Å². The Labute approximate surface area is 311 Å². The van der Waals surface area contributed by atoms with Gasteiger partial charge >= 0.3 is 19.5 Å². The molecule has 0 aromatic heterocycles. The first kappa shape index (κ1) is 49.5. The van der Waals surface area contributed by atoms with Crippen LogP contribution in [0.25, 0.3) is 0 Å². The van der Waals surface area contributed by atoms with Crippen molar-refractivity contribution in [2.24, 2.45) is 0 Å². The van der Waals surface area contributed by atoms with Crippen molar-refractivity contribution in [3.8, 4) is 0 Å². The van der Waals surface area contributed by atoms with Gasteiger partial charge in [0.2, 0.25) is 0 Å². The molecule has 0 spiro atoms. The van der Waals surface area contributed by atoms with E-state index in [1.165, 1.54) is 83.5 Å². The highest BCUT2D eigenvalue weighted by molar-refractivity contribution is 7.53. The molecule has 51 heavy (non-hydrogen) atoms. The summed E-state index contributed by atoms with van der Waals surface area (Å²) in [6.45, 7) is 2.65. The van der Waals surface area contributed by atoms with Gasteiger partial charge in [-0.3, -0.25) is 14.2 Å². The number of carbonyl (C=O) groups excluding carboxylic acids is 2. The van der Waals surface area contributed by atoms with Crippen LogP contribution in [0.1, 0.15) is 194 Å². The van der Waals surface area contributed by atoms with Crippen LogP contribution in [0.5, 0.6) is 0 Å². The summed E-state index contributed by atoms with van der Waals surface area (Å²) in [7, 11) is -4.56. The molecule has 9 nitrogen and oxygen atoms in total. The van der Waals surface area contributed by atoms with Crippen LogP contribution in [0.15, 0.2) is 24.3 Å². The molecule has 0 aliphatic heterocycles. The average Bonchev–Trinajstić information content (AvgIpc) is 3.12. The van der Waals surface area contributed by atoms with Crippen molar-refractivity contribution >= 4 is 19.5 Å². The van der Waals surface area contributed by atoms with Crippen molar-refractivity contribution in [2.45, 2.75) is 206 Å². The van der Waals surface area contributed by atoms with E-state index in [-0.39, 0.29) is 19.4 Å². The topological polar surface area (TPSA) is 140 Å². The number of rotatable bonds is 38. The van der Waals surface area contributed by atoms with E-state index < -0.39 is 44.7 Å². The molecule has 0 saturated heterocycles. The molecule has 0 heterocycles. The van der Waals surface area contributed by atoms with Crippen LogP contribution in [0.4, 0.5) is 0 Å². The molecule has 0 aromatic rings. The van der Waals surface area contributed by atoms with E-state index in [4.69, 9.17) is 19.1 Å². The number of aliphatic hydroxyl groups excluding tert-OH is 2. The Hall–Kier alpha value is -1.51. The van der Waals surface area contributed by atoms with Gasteiger partial charge in [0, 0.05) is 12.8 Å². The van der Waals surface area contributed by atoms with E-state index in [2.05, 4.69) is 38.2 Å². The predicted octanol–water partition coefficient (Wildman–Crippen LogP) is 11.0. The maximum absolute atomic E-state index is 12.5. The number of esters is 2. The van der Waals surface area contributed by atoms with Gasteiger partial charge in [-0.25, -0.2) is 0 Å². The Kier molecular flexibility index (Phi) is 35.7. The highest BCUT2D eigenvalue weighted by atomic mass is 31.2. The van der Waals surface area contributed by atoms with Crippen molar-refractivity contribution in [1.82, 2.24) is 0 Å². The average molecular weight is 745 g/mol. The zero-order valence-corrected chi connectivity index (χ0v) is 33.5. The Morgan fingerprint density at radius 3 is 1.35 bits per heavy atom. The summed E-state index contributed by atoms with van der Waals surface area (Å²) in [4.78, 5) is 34.7. The molecular weight excluding hydrogens is 667 g/mol. The summed E-state index contributed by atoms with van der Waals surface area (Å²) in [6, 6.07) is 0. The fourth-order valence-electron chi connectivity index (χ4n) is 5.68. The lowest BCUT2D eigenvalue weighted by molar-refractivity contribution is -0.161. The summed E-state index contributed by atoms with van der Waals surface area (Å²) in [5.74, 6) is -2.92. The highest BCUT2D eigenvalue weighted by Gasteiger charge is 2.32. The maximum Gasteiger partial charge on any atom is 0.358 e. The van der Waals surface area contributed by atoms with Crippen LogP contribution in [0.2, 0.25) is 0 Å². The van der Waals surface area contributed by atoms with Gasteiger partial charge in [0.05, 0.1) is 13.2 Å². The minimum Gasteiger partial charge on any atom is -0.462 e. The lowest BCUT2D eigenvalue weighted by atomic mass is 10.1. The minimum atomic E-state index is -4.56. The summed E-state index contributed by atoms with van der Waals surface area (Å²) in [5, 5.41) is 18.6. The van der Waals surface area contributed by atoms with Gasteiger partial charge in [-0.2, -0.15) is 0 Å². The van der Waals surface area contributed by atoms with Gasteiger partial charge in [0.1, 0.15) is 6.61 Å². The van der Waals surface area contributed by atoms with Crippen LogP contribution < -0.4 is 0 Å². The number of hydrogen-bond donors (Lipinski definition) is 3. The number of hydrogen-bond acceptors (Lipinski definition) is 8. The second-order valence-electron chi connectivity index (χ2n) is 14.0. The van der Waals surface area contributed by atoms with Gasteiger partial charge in [0.25, 0.3) is 0 Å². The largest absolute Gasteiger partial charge is 0.462 e. The van der Waals surface area contributed by atoms with Crippen LogP contribution in [0, 0.1) is 0 Å². The molecule has 0 fully saturated rings. The zero-order chi connectivity index (χ0) is 37.7. The summed E-state index contributed by atoms with van der Waals surface area (Å²) in [5.41, 5.74) is 0. The van der Waals surface area contributed by atoms with Gasteiger partial charge in [-0.05, 0) is 64.2 Å². The van der Waals surface area contributed by atoms with Crippen molar-refractivity contribution in [2.75, 3.05) is 19.8 Å². The molecular formula is C41H77O9P. The summed E-state index contributed by atoms with van der Waals surface area (Å²) >= 11 is 0. The Bertz CT molecular complexity index is 908. The first-order valence-corrected chi connectivity index (χ1v) is 22.3. The van der Waals surface area contributed by atoms with E-state index >= 15 is 0 Å². The third-order valence-electron chi connectivity index (χ3n) is 9.00. The third kappa shape index (κ3) is 34.0. The maximum atomic E-state index is 12.5. The molecule has 300 valence electrons. The molecule has 3 N–H and O–H groups in total. The smallest absolute Gasteiger partial charge is 0.358 e. The van der Waals surface area contributed by atoms with Crippen LogP contribution in [0.3, 0.4) is 0 Å². The molecule has 3 atom stereocenters. The highest BCUT2D eigenvalue weighted by Crippen LogP contribution is 2.46. The standard InChI is InChI=1S/C41H77O9P/c1-3-5-7-9-11-13-15-17-19-21-23-25-27-29-31-33-39(43)48-36-38(37-49-51(46,47)41(45)35-42)50-40(44)34-32-30-28-26-24-22-20-18-16-14-12-10-8-6-4-2/h17-20,38,41-42,45H,3-16,21-37H2,1-2H3,(H,46,47)/b19-17-,20-18-/t38-,41?/m1/s1. The Morgan fingerprint density at radius 2 is 0.941 bits per heavy atom. The second-order valence-corrected chi connectivity index (χ2v) is 16.0. The van der Waals surface area contributed by atoms with E-state index in [1.54, 1.807) is 0 Å². The molecule has 10 heteroatoms. The molecule has 0 aliphatic rings. The van der Waals surface area contributed by atoms with E-state index in [0.29, 0.717) is 12.8 Å². The minimum absolute atomic E-state index is 0.174. The quantitative estimate of drug-likeness (QED) is 0.0244. The van der Waals surface area contributed by atoms with E-state index in [0.717, 1.165) is 70.6 Å². The summed E-state index contributed by atoms with van der Waals surface area (Å²) < 4.78 is 27.8. The molecule has 0 rings (SSSR count). The third-order valence-corrected chi connectivity index (χ3v) is 10.4. The molecule has 0 aliphatic carbocycles. The Morgan fingerprint density at radius 1 is 0.569 bits per heavy atom. The fourth-order valence-corrected chi connectivity index (χ4v) is 6.44. The fraction of sp³-hybridized carbons (Fsp3) is 0.854. The monoisotopic (exact) mass is 745 g/mol. The van der Waals surface area contributed by atoms with Gasteiger partial charge in [-0.1, -0.05) is 141 Å². The van der Waals surface area contributed by atoms with Crippen molar-refractivity contribution in [3.63, 3.8) is 0 Å². The molecule has 0 saturated carbocycles. The van der Waals surface area contributed by atoms with Crippen molar-refractivity contribution in [3.05, 3.63) is 24.3 Å². The molecule has 0 bridgehead atoms. The molecule has 2 unspecified atom stereocenters. The van der Waals surface area contributed by atoms with Gasteiger partial charge < -0.3 is 29.1 Å². The number of allylic oxidation sites excluding steroid dienone is 4. The lowest BCUT2D eigenvalue weighted by Crippen LogP contribution is -2.30. The molecule has 0 amide bonds. The van der Waals surface area contributed by atoms with Gasteiger partial charge in [-0.15, -0.1) is 0 Å². The first-order chi connectivity index (χ1) is 24.8. The van der Waals surface area contributed by atoms with E-state index in [1.807, 2.05) is 0 Å². The second kappa shape index (κ2) is 36.8. The first-order valence-electron chi connectivity index (χ1n) is 20.7. The van der Waals surface area contributed by atoms with Crippen LogP contribution in [-0.4, -0.2) is 58.8 Å². The molecule has 0 radical (unpaired) electrons. The SMILES string of the molecule is CCCCCCCC/C=C\CCCCCCCC(=O)OC[C@H](COP(=O)(O)C(O)CO)OC(=O)CCCCCCC/C=C\CCCCCCCC. The number of ether oxygens (including phenoxy) is 2. The van der Waals surface area contributed by atoms with Gasteiger partial charge in [0.15, 0.2) is 11.9 Å². The lowest BCUT2D eigenvalue weighted by Gasteiger charge is -2.21. The van der Waals surface area contributed by atoms with Crippen molar-refractivity contribution in [1.29, 1.82) is 0 Å². The molecule has 0 aromatic carbocycles. The number of carbonyl (C=O) groups is 2. The Balaban J connectivity index is 4.22. The normalized spacial score (nSPS) is 14.2. The predicted molar refractivity (Wildman–Crippen MR) is 209 cm³/mol. The van der Waals surface area contributed by atoms with Crippen molar-refractivity contribution < 1.29 is 43.3 Å².